The minimum atomic E-state index is -1.11. The van der Waals surface area contributed by atoms with Gasteiger partial charge in [0.1, 0.15) is 76.2 Å². The quantitative estimate of drug-likeness (QED) is 0.0193. The third kappa shape index (κ3) is 43.5. The number of carbonyl (C=O) groups is 12. The van der Waals surface area contributed by atoms with Crippen LogP contribution >= 0.6 is 15.9 Å². The van der Waals surface area contributed by atoms with Crippen LogP contribution < -0.4 is 4.74 Å². The molecule has 0 bridgehead atoms. The van der Waals surface area contributed by atoms with E-state index in [0.29, 0.717) is 52.0 Å². The molecule has 0 saturated heterocycles. The molecule has 137 heavy (non-hydrogen) atoms. The second-order valence-corrected chi connectivity index (χ2v) is 33.9. The van der Waals surface area contributed by atoms with Crippen LogP contribution in [0.4, 0.5) is 26.3 Å². The molecule has 0 spiro atoms. The van der Waals surface area contributed by atoms with Crippen molar-refractivity contribution in [1.29, 1.82) is 0 Å². The van der Waals surface area contributed by atoms with Crippen molar-refractivity contribution in [3.05, 3.63) is 421 Å². The normalized spacial score (nSPS) is 11.9. The van der Waals surface area contributed by atoms with Gasteiger partial charge in [-0.3, -0.25) is 57.5 Å². The lowest BCUT2D eigenvalue weighted by atomic mass is 9.92. The van der Waals surface area contributed by atoms with Crippen molar-refractivity contribution in [3.63, 3.8) is 0 Å². The van der Waals surface area contributed by atoms with E-state index in [4.69, 9.17) is 4.74 Å². The smallest absolute Gasteiger partial charge is 0.307 e. The Balaban J connectivity index is 0.000000224. The van der Waals surface area contributed by atoms with Gasteiger partial charge < -0.3 is 35.4 Å². The number of rotatable bonds is 44. The van der Waals surface area contributed by atoms with Gasteiger partial charge >= 0.3 is 35.8 Å². The van der Waals surface area contributed by atoms with Crippen molar-refractivity contribution in [2.75, 3.05) is 7.11 Å². The molecule has 12 aromatic carbocycles. The molecule has 26 heteroatoms. The van der Waals surface area contributed by atoms with Gasteiger partial charge in [-0.1, -0.05) is 246 Å². The Morgan fingerprint density at radius 2 is 0.460 bits per heavy atom. The summed E-state index contributed by atoms with van der Waals surface area (Å²) in [6.07, 6.45) is 1.78. The molecular formula is C111H107BrF6O19. The van der Waals surface area contributed by atoms with Gasteiger partial charge in [0.2, 0.25) is 0 Å². The number of hydrogen-bond donors (Lipinski definition) is 6. The van der Waals surface area contributed by atoms with E-state index in [9.17, 15) is 115 Å². The van der Waals surface area contributed by atoms with E-state index in [1.54, 1.807) is 84.9 Å². The molecular weight excluding hydrogens is 1830 g/mol. The zero-order valence-corrected chi connectivity index (χ0v) is 77.1. The maximum atomic E-state index is 13.2. The lowest BCUT2D eigenvalue weighted by Crippen LogP contribution is -2.21. The monoisotopic (exact) mass is 1940 g/mol. The Morgan fingerprint density at radius 3 is 0.723 bits per heavy atom. The van der Waals surface area contributed by atoms with Crippen molar-refractivity contribution < 1.29 is 119 Å². The zero-order chi connectivity index (χ0) is 99.7. The standard InChI is InChI=1S/C19H19FO4.2C19H19FO3.C18H17BrO3.C18H16F2O3.C18H17FO3/c1-24-18-7-3-5-13(11-18)8-15(19(22)23)12-17(21)10-14-4-2-6-16(20)9-14;1-13-4-2-5-14(8-13)9-16(19(22)23)12-18(21)11-15-6-3-7-17(20)10-15;20-13-16-8-4-7-15(9-16)10-17(19(22)23)12-18(21)11-14-5-2-1-3-6-14;19-16-8-4-7-14(10-16)9-15(18(21)22)12-17(20)11-13-5-2-1-3-6-13;19-15-5-1-3-12(8-15)7-14(18(22)23)11-17(21)10-13-4-2-6-16(20)9-13;19-16-8-4-7-14(10-16)9-15(18(21)22)12-17(20)11-13-5-2-1-3-6-13/h2-7,9,11,15H,8,10,12H2,1H3,(H,22,23);2-8,10,16H,9,11-12H2,1H3,(H,22,23);1-9,17H,10-13H2,(H,22,23);1-8,10,15H,9,11-12H2,(H,21,22);1-6,8-9,14H,7,10-11H2,(H,22,23);1-8,10,15H,9,11-12H2,(H,21,22). The molecule has 714 valence electrons. The number of Topliss-reactive ketones (excluding diaryl/α,β-unsaturated/α-hetero) is 6. The number of ketones is 6. The molecule has 0 aromatic heterocycles. The average molecular weight is 1940 g/mol. The van der Waals surface area contributed by atoms with E-state index in [2.05, 4.69) is 15.9 Å². The summed E-state index contributed by atoms with van der Waals surface area (Å²) in [4.78, 5) is 141. The molecule has 0 amide bonds. The summed E-state index contributed by atoms with van der Waals surface area (Å²) in [5.74, 6) is -13.4. The summed E-state index contributed by atoms with van der Waals surface area (Å²) in [6, 6.07) is 85.5. The Morgan fingerprint density at radius 1 is 0.248 bits per heavy atom. The number of carbonyl (C=O) groups excluding carboxylic acids is 6. The van der Waals surface area contributed by atoms with Gasteiger partial charge in [0, 0.05) is 81.5 Å². The second-order valence-electron chi connectivity index (χ2n) is 33.0. The first-order valence-corrected chi connectivity index (χ1v) is 44.7. The van der Waals surface area contributed by atoms with Crippen LogP contribution in [0.3, 0.4) is 0 Å². The highest BCUT2D eigenvalue weighted by molar-refractivity contribution is 9.10. The van der Waals surface area contributed by atoms with Crippen molar-refractivity contribution in [1.82, 2.24) is 0 Å². The van der Waals surface area contributed by atoms with E-state index in [-0.39, 0.29) is 137 Å². The molecule has 12 aromatic rings. The van der Waals surface area contributed by atoms with Gasteiger partial charge in [-0.25, -0.2) is 26.3 Å². The summed E-state index contributed by atoms with van der Waals surface area (Å²) < 4.78 is 84.4. The molecule has 0 aliphatic heterocycles. The first-order valence-electron chi connectivity index (χ1n) is 43.9. The molecule has 0 aliphatic rings. The molecule has 6 unspecified atom stereocenters. The van der Waals surface area contributed by atoms with Crippen LogP contribution in [0.15, 0.2) is 314 Å². The second kappa shape index (κ2) is 58.5. The minimum absolute atomic E-state index is 0.0231. The van der Waals surface area contributed by atoms with E-state index in [1.807, 2.05) is 146 Å². The maximum absolute atomic E-state index is 13.2. The molecule has 0 aliphatic carbocycles. The van der Waals surface area contributed by atoms with Gasteiger partial charge in [0.05, 0.1) is 42.6 Å². The number of hydrogen-bond acceptors (Lipinski definition) is 13. The van der Waals surface area contributed by atoms with Crippen LogP contribution in [0.1, 0.15) is 116 Å². The molecule has 0 fully saturated rings. The predicted molar refractivity (Wildman–Crippen MR) is 510 cm³/mol. The Bertz CT molecular complexity index is 5760. The fourth-order valence-corrected chi connectivity index (χ4v) is 15.3. The topological polar surface area (TPSA) is 335 Å². The molecule has 6 N–H and O–H groups in total. The summed E-state index contributed by atoms with van der Waals surface area (Å²) in [6.45, 7) is 1.35. The van der Waals surface area contributed by atoms with Gasteiger partial charge in [-0.2, -0.15) is 0 Å². The fraction of sp³-hybridized carbons (Fsp3) is 0.243. The number of halogens is 7. The van der Waals surface area contributed by atoms with Crippen molar-refractivity contribution in [2.45, 2.75) is 129 Å². The first-order chi connectivity index (χ1) is 65.5. The van der Waals surface area contributed by atoms with Crippen molar-refractivity contribution in [2.24, 2.45) is 35.5 Å². The van der Waals surface area contributed by atoms with Crippen LogP contribution in [0, 0.1) is 71.5 Å². The van der Waals surface area contributed by atoms with Crippen molar-refractivity contribution >= 4 is 86.4 Å². The van der Waals surface area contributed by atoms with E-state index < -0.39 is 107 Å². The minimum Gasteiger partial charge on any atom is -0.497 e. The zero-order valence-electron chi connectivity index (χ0n) is 75.5. The van der Waals surface area contributed by atoms with E-state index in [0.717, 1.165) is 49.0 Å². The number of ether oxygens (including phenoxy) is 1. The summed E-state index contributed by atoms with van der Waals surface area (Å²) in [5, 5.41) is 56.0. The van der Waals surface area contributed by atoms with Gasteiger partial charge in [0.25, 0.3) is 0 Å². The number of alkyl halides is 1. The highest BCUT2D eigenvalue weighted by atomic mass is 79.9. The van der Waals surface area contributed by atoms with Crippen LogP contribution in [0.2, 0.25) is 0 Å². The number of aliphatic carboxylic acids is 6. The largest absolute Gasteiger partial charge is 0.497 e. The first kappa shape index (κ1) is 109. The molecule has 0 saturated carbocycles. The number of benzene rings is 12. The third-order valence-electron chi connectivity index (χ3n) is 21.5. The average Bonchev–Trinajstić information content (AvgIpc) is 0.885. The number of carboxylic acid groups (broad SMARTS) is 6. The predicted octanol–water partition coefficient (Wildman–Crippen LogP) is 21.0. The highest BCUT2D eigenvalue weighted by Crippen LogP contribution is 2.26. The number of carboxylic acids is 6. The van der Waals surface area contributed by atoms with Crippen LogP contribution in [-0.4, -0.2) is 108 Å². The van der Waals surface area contributed by atoms with Crippen LogP contribution in [-0.2, 0) is 141 Å². The maximum Gasteiger partial charge on any atom is 0.307 e. The molecule has 6 atom stereocenters. The third-order valence-corrected chi connectivity index (χ3v) is 22.0. The summed E-state index contributed by atoms with van der Waals surface area (Å²) in [5.41, 5.74) is 10.3. The Kier molecular flexibility index (Phi) is 46.7. The van der Waals surface area contributed by atoms with Gasteiger partial charge in [0.15, 0.2) is 0 Å². The Hall–Kier alpha value is -14.7. The Labute approximate surface area is 799 Å². The molecule has 12 rings (SSSR count). The lowest BCUT2D eigenvalue weighted by Gasteiger charge is -2.12. The van der Waals surface area contributed by atoms with E-state index >= 15 is 0 Å². The summed E-state index contributed by atoms with van der Waals surface area (Å²) in [7, 11) is 1.54. The molecule has 0 radical (unpaired) electrons. The number of methoxy groups -OCH3 is 1. The molecule has 0 heterocycles. The van der Waals surface area contributed by atoms with E-state index in [1.165, 1.54) is 92.0 Å². The fourth-order valence-electron chi connectivity index (χ4n) is 14.8. The van der Waals surface area contributed by atoms with Crippen LogP contribution in [0.25, 0.3) is 0 Å². The number of aryl methyl sites for hydroxylation is 1. The highest BCUT2D eigenvalue weighted by Gasteiger charge is 2.29. The summed E-state index contributed by atoms with van der Waals surface area (Å²) >= 11 is 3.37. The molecule has 19 nitrogen and oxygen atoms in total. The van der Waals surface area contributed by atoms with Gasteiger partial charge in [-0.15, -0.1) is 0 Å². The van der Waals surface area contributed by atoms with Crippen LogP contribution in [0.5, 0.6) is 5.75 Å². The lowest BCUT2D eigenvalue weighted by molar-refractivity contribution is -0.144. The van der Waals surface area contributed by atoms with Gasteiger partial charge in [-0.05, 0) is 203 Å². The van der Waals surface area contributed by atoms with Crippen molar-refractivity contribution in [3.8, 4) is 5.75 Å². The SMILES string of the molecule is COc1cccc(CC(CC(=O)Cc2cccc(F)c2)C(=O)O)c1.Cc1cccc(CC(CC(=O)Cc2cccc(F)c2)C(=O)O)c1.O=C(Cc1cccc(F)c1)CC(Cc1cccc(F)c1)C(=O)O.O=C(Cc1ccccc1)CC(Cc1cccc(Br)c1)C(=O)O.O=C(Cc1ccccc1)CC(Cc1cccc(CF)c1)C(=O)O.O=C(Cc1ccccc1)CC(Cc1cccc(F)c1)C(=O)O.